The van der Waals surface area contributed by atoms with E-state index in [0.717, 1.165) is 51.4 Å². The van der Waals surface area contributed by atoms with Crippen molar-refractivity contribution in [1.82, 2.24) is 0 Å². The SMILES string of the molecule is COC(=O)[C@]12CCC(C)(C)C[C@H]1C1=CC[C@@H]3[C@@]4(C)C[C@@H](O)[C@H](O)C(C)(C)[C@@H]4CC[C@@]3(C)[C@@]1(C)CC2. The maximum absolute atomic E-state index is 13.4. The van der Waals surface area contributed by atoms with E-state index in [2.05, 4.69) is 54.5 Å². The number of aliphatic hydroxyl groups excluding tert-OH is 2. The summed E-state index contributed by atoms with van der Waals surface area (Å²) < 4.78 is 5.48. The first-order valence-electron chi connectivity index (χ1n) is 14.2. The topological polar surface area (TPSA) is 66.8 Å². The van der Waals surface area contributed by atoms with E-state index >= 15 is 0 Å². The van der Waals surface area contributed by atoms with Gasteiger partial charge in [0.05, 0.1) is 24.7 Å². The minimum absolute atomic E-state index is 0.00929. The number of hydrogen-bond acceptors (Lipinski definition) is 4. The number of carbonyl (C=O) groups is 1. The first-order valence-corrected chi connectivity index (χ1v) is 14.2. The number of fused-ring (bicyclic) bond motifs is 7. The van der Waals surface area contributed by atoms with E-state index in [0.29, 0.717) is 18.3 Å². The van der Waals surface area contributed by atoms with Crippen molar-refractivity contribution >= 4 is 5.97 Å². The molecule has 0 heterocycles. The summed E-state index contributed by atoms with van der Waals surface area (Å²) in [5.41, 5.74) is 1.26. The van der Waals surface area contributed by atoms with Crippen LogP contribution in [0.15, 0.2) is 11.6 Å². The molecular formula is C31H50O4. The Bertz CT molecular complexity index is 934. The van der Waals surface area contributed by atoms with Crippen molar-refractivity contribution < 1.29 is 19.7 Å². The fraction of sp³-hybridized carbons (Fsp3) is 0.903. The van der Waals surface area contributed by atoms with E-state index in [1.54, 1.807) is 12.7 Å². The predicted octanol–water partition coefficient (Wildman–Crippen LogP) is 6.29. The van der Waals surface area contributed by atoms with E-state index in [9.17, 15) is 15.0 Å². The summed E-state index contributed by atoms with van der Waals surface area (Å²) in [6.07, 6.45) is 10.2. The second-order valence-electron chi connectivity index (χ2n) is 15.4. The highest BCUT2D eigenvalue weighted by Crippen LogP contribution is 2.75. The van der Waals surface area contributed by atoms with Crippen LogP contribution in [0.3, 0.4) is 0 Å². The van der Waals surface area contributed by atoms with Gasteiger partial charge in [0.15, 0.2) is 0 Å². The first kappa shape index (κ1) is 25.8. The van der Waals surface area contributed by atoms with Crippen molar-refractivity contribution in [3.05, 3.63) is 11.6 Å². The molecule has 9 atom stereocenters. The zero-order valence-corrected chi connectivity index (χ0v) is 23.5. The summed E-state index contributed by atoms with van der Waals surface area (Å²) >= 11 is 0. The van der Waals surface area contributed by atoms with Crippen LogP contribution < -0.4 is 0 Å². The van der Waals surface area contributed by atoms with Crippen molar-refractivity contribution in [3.8, 4) is 0 Å². The van der Waals surface area contributed by atoms with Gasteiger partial charge in [0.2, 0.25) is 0 Å². The highest BCUT2D eigenvalue weighted by Gasteiger charge is 2.70. The lowest BCUT2D eigenvalue weighted by Crippen LogP contribution is -2.67. The van der Waals surface area contributed by atoms with E-state index in [1.165, 1.54) is 0 Å². The van der Waals surface area contributed by atoms with E-state index in [-0.39, 0.29) is 44.4 Å². The van der Waals surface area contributed by atoms with Crippen LogP contribution >= 0.6 is 0 Å². The Hall–Kier alpha value is -0.870. The lowest BCUT2D eigenvalue weighted by molar-refractivity contribution is -0.232. The molecule has 5 aliphatic rings. The molecule has 0 spiro atoms. The Balaban J connectivity index is 1.61. The normalized spacial score (nSPS) is 52.2. The van der Waals surface area contributed by atoms with Crippen LogP contribution in [0.1, 0.15) is 106 Å². The van der Waals surface area contributed by atoms with Crippen LogP contribution in [0.5, 0.6) is 0 Å². The summed E-state index contributed by atoms with van der Waals surface area (Å²) in [6, 6.07) is 0. The van der Waals surface area contributed by atoms with Crippen LogP contribution in [0.25, 0.3) is 0 Å². The molecule has 2 N–H and O–H groups in total. The lowest BCUT2D eigenvalue weighted by atomic mass is 9.33. The Kier molecular flexibility index (Phi) is 5.59. The van der Waals surface area contributed by atoms with Crippen LogP contribution in [-0.4, -0.2) is 35.5 Å². The van der Waals surface area contributed by atoms with Gasteiger partial charge in [-0.2, -0.15) is 0 Å². The van der Waals surface area contributed by atoms with Crippen molar-refractivity contribution in [2.75, 3.05) is 7.11 Å². The Morgan fingerprint density at radius 2 is 1.57 bits per heavy atom. The smallest absolute Gasteiger partial charge is 0.312 e. The number of allylic oxidation sites excluding steroid dienone is 2. The van der Waals surface area contributed by atoms with Gasteiger partial charge in [-0.1, -0.05) is 60.1 Å². The Morgan fingerprint density at radius 1 is 0.914 bits per heavy atom. The van der Waals surface area contributed by atoms with Gasteiger partial charge >= 0.3 is 5.97 Å². The average molecular weight is 487 g/mol. The molecule has 5 aliphatic carbocycles. The monoisotopic (exact) mass is 486 g/mol. The van der Waals surface area contributed by atoms with E-state index in [4.69, 9.17) is 4.74 Å². The molecule has 0 aliphatic heterocycles. The summed E-state index contributed by atoms with van der Waals surface area (Å²) in [7, 11) is 1.57. The molecule has 0 aromatic carbocycles. The van der Waals surface area contributed by atoms with Crippen molar-refractivity contribution in [2.45, 2.75) is 118 Å². The molecule has 0 unspecified atom stereocenters. The zero-order chi connectivity index (χ0) is 25.8. The molecular weight excluding hydrogens is 436 g/mol. The largest absolute Gasteiger partial charge is 0.469 e. The third-order valence-corrected chi connectivity index (χ3v) is 13.2. The van der Waals surface area contributed by atoms with Gasteiger partial charge in [-0.25, -0.2) is 0 Å². The number of carbonyl (C=O) groups excluding carboxylic acids is 1. The van der Waals surface area contributed by atoms with Gasteiger partial charge < -0.3 is 14.9 Å². The Morgan fingerprint density at radius 3 is 2.23 bits per heavy atom. The molecule has 0 aromatic rings. The van der Waals surface area contributed by atoms with Gasteiger partial charge in [-0.05, 0) is 103 Å². The molecule has 5 rings (SSSR count). The second-order valence-corrected chi connectivity index (χ2v) is 15.4. The molecule has 0 radical (unpaired) electrons. The maximum Gasteiger partial charge on any atom is 0.312 e. The third kappa shape index (κ3) is 3.14. The number of aliphatic hydroxyl groups is 2. The minimum atomic E-state index is -0.663. The highest BCUT2D eigenvalue weighted by atomic mass is 16.5. The van der Waals surface area contributed by atoms with Crippen molar-refractivity contribution in [3.63, 3.8) is 0 Å². The van der Waals surface area contributed by atoms with Crippen LogP contribution in [0, 0.1) is 50.2 Å². The molecule has 35 heavy (non-hydrogen) atoms. The molecule has 0 saturated heterocycles. The van der Waals surface area contributed by atoms with E-state index in [1.807, 2.05) is 0 Å². The van der Waals surface area contributed by atoms with Crippen LogP contribution in [0.2, 0.25) is 0 Å². The summed E-state index contributed by atoms with van der Waals surface area (Å²) in [4.78, 5) is 13.4. The summed E-state index contributed by atoms with van der Waals surface area (Å²) in [5, 5.41) is 21.9. The van der Waals surface area contributed by atoms with Gasteiger partial charge in [0.1, 0.15) is 0 Å². The van der Waals surface area contributed by atoms with Crippen molar-refractivity contribution in [1.29, 1.82) is 0 Å². The number of ether oxygens (including phenoxy) is 1. The summed E-state index contributed by atoms with van der Waals surface area (Å²) in [6.45, 7) is 16.6. The molecule has 4 nitrogen and oxygen atoms in total. The molecule has 0 aromatic heterocycles. The lowest BCUT2D eigenvalue weighted by Gasteiger charge is -2.71. The Labute approximate surface area is 213 Å². The number of rotatable bonds is 1. The van der Waals surface area contributed by atoms with E-state index < -0.39 is 12.2 Å². The zero-order valence-electron chi connectivity index (χ0n) is 23.5. The third-order valence-electron chi connectivity index (χ3n) is 13.2. The fourth-order valence-corrected chi connectivity index (χ4v) is 11.0. The fourth-order valence-electron chi connectivity index (χ4n) is 11.0. The number of esters is 1. The van der Waals surface area contributed by atoms with Gasteiger partial charge in [-0.15, -0.1) is 0 Å². The molecule has 0 bridgehead atoms. The van der Waals surface area contributed by atoms with Gasteiger partial charge in [0, 0.05) is 0 Å². The van der Waals surface area contributed by atoms with Crippen LogP contribution in [0.4, 0.5) is 0 Å². The van der Waals surface area contributed by atoms with Gasteiger partial charge in [-0.3, -0.25) is 4.79 Å². The molecule has 0 amide bonds. The minimum Gasteiger partial charge on any atom is -0.469 e. The predicted molar refractivity (Wildman–Crippen MR) is 138 cm³/mol. The molecule has 4 saturated carbocycles. The highest BCUT2D eigenvalue weighted by molar-refractivity contribution is 5.78. The maximum atomic E-state index is 13.4. The van der Waals surface area contributed by atoms with Crippen molar-refractivity contribution in [2.24, 2.45) is 50.2 Å². The second kappa shape index (κ2) is 7.59. The summed E-state index contributed by atoms with van der Waals surface area (Å²) in [5.74, 6) is 1.13. The first-order chi connectivity index (χ1) is 16.1. The number of methoxy groups -OCH3 is 1. The standard InChI is InChI=1S/C31H50O4/c1-26(2)13-15-31(25(34)35-8)16-14-29(6)19(20(31)17-26)9-10-23-28(5)18-21(32)24(33)27(3,4)22(28)11-12-30(23,29)7/h9,20-24,32-33H,10-18H2,1-8H3/t20-,21+,22-,23+,24-,28-,29-,30+,31-/m0/s1. The number of hydrogen-bond donors (Lipinski definition) is 2. The quantitative estimate of drug-likeness (QED) is 0.337. The molecule has 198 valence electrons. The van der Waals surface area contributed by atoms with Crippen LogP contribution in [-0.2, 0) is 9.53 Å². The molecule has 4 fully saturated rings. The van der Waals surface area contributed by atoms with Gasteiger partial charge in [0.25, 0.3) is 0 Å². The molecule has 4 heteroatoms. The average Bonchev–Trinajstić information content (AvgIpc) is 2.77.